The molecule has 25 heavy (non-hydrogen) atoms. The highest BCUT2D eigenvalue weighted by Crippen LogP contribution is 2.26. The van der Waals surface area contributed by atoms with Crippen LogP contribution in [0.15, 0.2) is 45.6 Å². The van der Waals surface area contributed by atoms with Gasteiger partial charge in [-0.25, -0.2) is 9.78 Å². The van der Waals surface area contributed by atoms with E-state index < -0.39 is 5.76 Å². The summed E-state index contributed by atoms with van der Waals surface area (Å²) in [5.74, 6) is -0.956. The fraction of sp³-hybridized carbons (Fsp3) is 0.118. The van der Waals surface area contributed by atoms with Gasteiger partial charge in [0.2, 0.25) is 5.91 Å². The molecule has 0 radical (unpaired) electrons. The number of benzene rings is 2. The fourth-order valence-corrected chi connectivity index (χ4v) is 3.72. The lowest BCUT2D eigenvalue weighted by Gasteiger charge is -2.02. The van der Waals surface area contributed by atoms with E-state index in [4.69, 9.17) is 16.0 Å². The lowest BCUT2D eigenvalue weighted by molar-refractivity contribution is -0.116. The average molecular weight is 374 g/mol. The molecule has 0 bridgehead atoms. The van der Waals surface area contributed by atoms with Gasteiger partial charge in [0.05, 0.1) is 15.7 Å². The number of carbonyl (C=O) groups excluding carboxylic acids is 1. The zero-order valence-electron chi connectivity index (χ0n) is 13.1. The molecule has 0 fully saturated rings. The van der Waals surface area contributed by atoms with Crippen LogP contribution in [0, 0.1) is 6.92 Å². The second-order valence-electron chi connectivity index (χ2n) is 5.60. The molecule has 2 aromatic heterocycles. The van der Waals surface area contributed by atoms with Crippen molar-refractivity contribution >= 4 is 55.3 Å². The Balaban J connectivity index is 1.59. The van der Waals surface area contributed by atoms with E-state index in [-0.39, 0.29) is 12.5 Å². The minimum atomic E-state index is -0.604. The van der Waals surface area contributed by atoms with Crippen molar-refractivity contribution in [2.45, 2.75) is 13.5 Å². The number of anilines is 1. The normalized spacial score (nSPS) is 11.3. The van der Waals surface area contributed by atoms with Gasteiger partial charge in [-0.05, 0) is 36.8 Å². The summed E-state index contributed by atoms with van der Waals surface area (Å²) < 4.78 is 7.38. The molecular formula is C17H12ClN3O3S. The predicted octanol–water partition coefficient (Wildman–Crippen LogP) is 3.80. The van der Waals surface area contributed by atoms with Crippen LogP contribution in [-0.2, 0) is 11.3 Å². The monoisotopic (exact) mass is 373 g/mol. The number of oxazole rings is 1. The standard InChI is InChI=1S/C17H12ClN3O3S/c1-9-2-4-11-14(6-9)25-16(19-11)20-15(22)8-21-12-5-3-10(18)7-13(12)24-17(21)23/h2-7H,8H2,1H3,(H,19,20,22). The molecule has 1 amide bonds. The molecule has 8 heteroatoms. The summed E-state index contributed by atoms with van der Waals surface area (Å²) in [5.41, 5.74) is 2.82. The zero-order valence-corrected chi connectivity index (χ0v) is 14.6. The van der Waals surface area contributed by atoms with E-state index in [9.17, 15) is 9.59 Å². The van der Waals surface area contributed by atoms with Crippen LogP contribution in [0.2, 0.25) is 5.02 Å². The molecule has 0 saturated carbocycles. The van der Waals surface area contributed by atoms with Crippen molar-refractivity contribution in [2.24, 2.45) is 0 Å². The Morgan fingerprint density at radius 1 is 1.32 bits per heavy atom. The van der Waals surface area contributed by atoms with Crippen molar-refractivity contribution in [1.82, 2.24) is 9.55 Å². The van der Waals surface area contributed by atoms with Crippen molar-refractivity contribution < 1.29 is 9.21 Å². The molecule has 0 saturated heterocycles. The highest BCUT2D eigenvalue weighted by molar-refractivity contribution is 7.22. The second kappa shape index (κ2) is 6.02. The molecule has 2 heterocycles. The van der Waals surface area contributed by atoms with Gasteiger partial charge < -0.3 is 9.73 Å². The molecule has 0 aliphatic heterocycles. The van der Waals surface area contributed by atoms with Gasteiger partial charge in [0.1, 0.15) is 6.54 Å². The smallest absolute Gasteiger partial charge is 0.408 e. The Morgan fingerprint density at radius 3 is 3.00 bits per heavy atom. The number of fused-ring (bicyclic) bond motifs is 2. The molecule has 6 nitrogen and oxygen atoms in total. The molecule has 4 rings (SSSR count). The molecule has 0 unspecified atom stereocenters. The maximum absolute atomic E-state index is 12.3. The quantitative estimate of drug-likeness (QED) is 0.592. The number of hydrogen-bond donors (Lipinski definition) is 1. The van der Waals surface area contributed by atoms with Gasteiger partial charge in [-0.3, -0.25) is 9.36 Å². The van der Waals surface area contributed by atoms with Gasteiger partial charge in [-0.1, -0.05) is 29.0 Å². The Morgan fingerprint density at radius 2 is 2.16 bits per heavy atom. The molecule has 0 aliphatic carbocycles. The van der Waals surface area contributed by atoms with Crippen LogP contribution in [0.5, 0.6) is 0 Å². The van der Waals surface area contributed by atoms with Crippen molar-refractivity contribution in [3.63, 3.8) is 0 Å². The number of thiazole rings is 1. The van der Waals surface area contributed by atoms with Crippen LogP contribution >= 0.6 is 22.9 Å². The summed E-state index contributed by atoms with van der Waals surface area (Å²) in [4.78, 5) is 28.7. The summed E-state index contributed by atoms with van der Waals surface area (Å²) in [6, 6.07) is 10.7. The van der Waals surface area contributed by atoms with Gasteiger partial charge in [0.15, 0.2) is 10.7 Å². The minimum absolute atomic E-state index is 0.164. The molecule has 2 aromatic carbocycles. The molecule has 1 N–H and O–H groups in total. The number of nitrogens with zero attached hydrogens (tertiary/aromatic N) is 2. The summed E-state index contributed by atoms with van der Waals surface area (Å²) in [5, 5.41) is 3.69. The average Bonchev–Trinajstić information content (AvgIpc) is 3.07. The Kier molecular flexibility index (Phi) is 3.82. The Bertz CT molecular complexity index is 1180. The lowest BCUT2D eigenvalue weighted by atomic mass is 10.2. The van der Waals surface area contributed by atoms with Gasteiger partial charge in [-0.15, -0.1) is 0 Å². The highest BCUT2D eigenvalue weighted by Gasteiger charge is 2.14. The summed E-state index contributed by atoms with van der Waals surface area (Å²) in [6.07, 6.45) is 0. The molecular weight excluding hydrogens is 362 g/mol. The molecule has 0 aliphatic rings. The summed E-state index contributed by atoms with van der Waals surface area (Å²) in [6.45, 7) is 1.84. The van der Waals surface area contributed by atoms with Gasteiger partial charge >= 0.3 is 5.76 Å². The maximum Gasteiger partial charge on any atom is 0.420 e. The van der Waals surface area contributed by atoms with Crippen molar-refractivity contribution in [3.8, 4) is 0 Å². The molecule has 4 aromatic rings. The topological polar surface area (TPSA) is 77.1 Å². The number of amides is 1. The first-order valence-electron chi connectivity index (χ1n) is 7.45. The fourth-order valence-electron chi connectivity index (χ4n) is 2.58. The molecule has 0 spiro atoms. The number of aromatic nitrogens is 2. The first-order valence-corrected chi connectivity index (χ1v) is 8.65. The number of rotatable bonds is 3. The summed E-state index contributed by atoms with van der Waals surface area (Å²) >= 11 is 7.28. The predicted molar refractivity (Wildman–Crippen MR) is 98.5 cm³/mol. The van der Waals surface area contributed by atoms with Crippen LogP contribution in [0.1, 0.15) is 5.56 Å². The third-order valence-electron chi connectivity index (χ3n) is 3.72. The van der Waals surface area contributed by atoms with Gasteiger partial charge in [0, 0.05) is 11.1 Å². The van der Waals surface area contributed by atoms with E-state index in [1.54, 1.807) is 18.2 Å². The van der Waals surface area contributed by atoms with E-state index in [1.807, 2.05) is 25.1 Å². The molecule has 126 valence electrons. The van der Waals surface area contributed by atoms with E-state index in [0.717, 1.165) is 15.8 Å². The van der Waals surface area contributed by atoms with Crippen molar-refractivity contribution in [2.75, 3.05) is 5.32 Å². The number of halogens is 1. The second-order valence-corrected chi connectivity index (χ2v) is 7.07. The molecule has 0 atom stereocenters. The SMILES string of the molecule is Cc1ccc2nc(NC(=O)Cn3c(=O)oc4cc(Cl)ccc43)sc2c1. The first kappa shape index (κ1) is 15.9. The first-order chi connectivity index (χ1) is 12.0. The van der Waals surface area contributed by atoms with E-state index in [1.165, 1.54) is 15.9 Å². The Hall–Kier alpha value is -2.64. The van der Waals surface area contributed by atoms with Crippen LogP contribution in [-0.4, -0.2) is 15.5 Å². The number of aryl methyl sites for hydroxylation is 1. The van der Waals surface area contributed by atoms with E-state index >= 15 is 0 Å². The highest BCUT2D eigenvalue weighted by atomic mass is 35.5. The van der Waals surface area contributed by atoms with Crippen LogP contribution in [0.25, 0.3) is 21.3 Å². The zero-order chi connectivity index (χ0) is 17.6. The Labute approximate surface area is 150 Å². The van der Waals surface area contributed by atoms with E-state index in [2.05, 4.69) is 10.3 Å². The van der Waals surface area contributed by atoms with Crippen molar-refractivity contribution in [3.05, 3.63) is 57.5 Å². The number of carbonyl (C=O) groups is 1. The van der Waals surface area contributed by atoms with Crippen LogP contribution in [0.3, 0.4) is 0 Å². The minimum Gasteiger partial charge on any atom is -0.408 e. The van der Waals surface area contributed by atoms with E-state index in [0.29, 0.717) is 21.3 Å². The largest absolute Gasteiger partial charge is 0.420 e. The number of nitrogens with one attached hydrogen (secondary N) is 1. The maximum atomic E-state index is 12.3. The van der Waals surface area contributed by atoms with Crippen LogP contribution < -0.4 is 11.1 Å². The van der Waals surface area contributed by atoms with Crippen molar-refractivity contribution in [1.29, 1.82) is 0 Å². The third-order valence-corrected chi connectivity index (χ3v) is 4.89. The number of hydrogen-bond acceptors (Lipinski definition) is 5. The summed E-state index contributed by atoms with van der Waals surface area (Å²) in [7, 11) is 0. The lowest BCUT2D eigenvalue weighted by Crippen LogP contribution is -2.24. The van der Waals surface area contributed by atoms with Crippen LogP contribution in [0.4, 0.5) is 5.13 Å². The third kappa shape index (κ3) is 3.04. The van der Waals surface area contributed by atoms with Gasteiger partial charge in [0.25, 0.3) is 0 Å². The van der Waals surface area contributed by atoms with Gasteiger partial charge in [-0.2, -0.15) is 0 Å².